The van der Waals surface area contributed by atoms with Gasteiger partial charge in [-0.05, 0) is 18.2 Å². The first-order chi connectivity index (χ1) is 20.5. The molecule has 0 aliphatic carbocycles. The summed E-state index contributed by atoms with van der Waals surface area (Å²) >= 11 is 0. The highest BCUT2D eigenvalue weighted by molar-refractivity contribution is 7.89. The monoisotopic (exact) mass is 713 g/mol. The van der Waals surface area contributed by atoms with Gasteiger partial charge in [-0.15, -0.1) is 0 Å². The maximum atomic E-state index is 13.0. The highest BCUT2D eigenvalue weighted by atomic mass is 32.2. The van der Waals surface area contributed by atoms with Crippen LogP contribution in [0.2, 0.25) is 0 Å². The minimum atomic E-state index is -5.34. The predicted molar refractivity (Wildman–Crippen MR) is 165 cm³/mol. The Morgan fingerprint density at radius 3 is 2.30 bits per heavy atom. The van der Waals surface area contributed by atoms with Crippen LogP contribution in [0.1, 0.15) is 6.23 Å². The molecule has 0 saturated carbocycles. The zero-order chi connectivity index (χ0) is 32.4. The summed E-state index contributed by atoms with van der Waals surface area (Å²) in [4.78, 5) is 37.1. The van der Waals surface area contributed by atoms with Gasteiger partial charge in [-0.3, -0.25) is 13.6 Å². The number of ether oxygens (including phenoxy) is 1. The summed E-state index contributed by atoms with van der Waals surface area (Å²) in [5, 5.41) is 21.6. The molecule has 13 N–H and O–H groups in total. The second kappa shape index (κ2) is 15.4. The Hall–Kier alpha value is -2.85. The molecule has 1 fully saturated rings. The van der Waals surface area contributed by atoms with E-state index in [0.717, 1.165) is 16.5 Å². The van der Waals surface area contributed by atoms with Crippen molar-refractivity contribution >= 4 is 47.9 Å². The zero-order valence-electron chi connectivity index (χ0n) is 24.6. The lowest BCUT2D eigenvalue weighted by atomic mass is 10.1. The van der Waals surface area contributed by atoms with Crippen molar-refractivity contribution in [1.29, 1.82) is 0 Å². The molecule has 2 unspecified atom stereocenters. The van der Waals surface area contributed by atoms with Crippen LogP contribution in [0.25, 0.3) is 10.8 Å². The van der Waals surface area contributed by atoms with Crippen LogP contribution >= 0.6 is 15.6 Å². The second-order valence-electron chi connectivity index (χ2n) is 9.66. The van der Waals surface area contributed by atoms with Gasteiger partial charge in [0.2, 0.25) is 10.0 Å². The first-order valence-electron chi connectivity index (χ1n) is 12.7. The number of sulfonamides is 1. The lowest BCUT2D eigenvalue weighted by molar-refractivity contribution is -0.0542. The van der Waals surface area contributed by atoms with Crippen molar-refractivity contribution in [3.05, 3.63) is 59.1 Å². The number of anilines is 2. The normalized spacial score (nSPS) is 22.3. The van der Waals surface area contributed by atoms with Crippen molar-refractivity contribution in [3.63, 3.8) is 0 Å². The fraction of sp³-hybridized carbons (Fsp3) is 0.391. The Bertz CT molecular complexity index is 1780. The quantitative estimate of drug-likeness (QED) is 0.0867. The number of nitrogens with one attached hydrogen (secondary N) is 1. The first kappa shape index (κ1) is 39.3. The van der Waals surface area contributed by atoms with Gasteiger partial charge in [-0.25, -0.2) is 27.1 Å². The van der Waals surface area contributed by atoms with Crippen molar-refractivity contribution in [2.75, 3.05) is 44.5 Å². The number of aliphatic hydroxyl groups excluding tert-OH is 2. The van der Waals surface area contributed by atoms with Crippen LogP contribution in [-0.2, 0) is 37.2 Å². The van der Waals surface area contributed by atoms with Crippen molar-refractivity contribution in [1.82, 2.24) is 26.6 Å². The van der Waals surface area contributed by atoms with E-state index in [0.29, 0.717) is 10.8 Å². The van der Waals surface area contributed by atoms with Gasteiger partial charge in [0.1, 0.15) is 24.1 Å². The van der Waals surface area contributed by atoms with Crippen LogP contribution in [0.3, 0.4) is 0 Å². The summed E-state index contributed by atoms with van der Waals surface area (Å²) in [7, 11) is -11.1. The van der Waals surface area contributed by atoms with E-state index in [1.54, 1.807) is 24.3 Å². The number of hydrogen-bond acceptors (Lipinski definition) is 16. The van der Waals surface area contributed by atoms with Crippen molar-refractivity contribution in [3.8, 4) is 0 Å². The predicted octanol–water partition coefficient (Wildman–Crippen LogP) is 0.217. The van der Waals surface area contributed by atoms with Gasteiger partial charge in [0.15, 0.2) is 6.23 Å². The summed E-state index contributed by atoms with van der Waals surface area (Å²) in [5.74, 6) is -0.103. The SMILES string of the molecule is CN(C)c1cccc2c(S(=O)(=O)NCCOP(=O)(O)OP(=O)(O)OC[C@H]3O[C@@H](n4ccc(N)nc4=O)[C@H](O)[C@@H]3O)cccc12.N.N. The van der Waals surface area contributed by atoms with Crippen LogP contribution < -0.4 is 33.3 Å². The van der Waals surface area contributed by atoms with Crippen molar-refractivity contribution in [2.24, 2.45) is 0 Å². The summed E-state index contributed by atoms with van der Waals surface area (Å²) in [5.41, 5.74) is 5.30. The fourth-order valence-electron chi connectivity index (χ4n) is 4.37. The number of nitrogens with two attached hydrogens (primary N) is 1. The van der Waals surface area contributed by atoms with Crippen LogP contribution in [0.5, 0.6) is 0 Å². The maximum absolute atomic E-state index is 13.0. The van der Waals surface area contributed by atoms with E-state index in [1.165, 1.54) is 12.1 Å². The third-order valence-electron chi connectivity index (χ3n) is 6.35. The van der Waals surface area contributed by atoms with Gasteiger partial charge in [-0.1, -0.05) is 24.3 Å². The Balaban J connectivity index is 0.00000368. The molecule has 258 valence electrons. The minimum absolute atomic E-state index is 0. The van der Waals surface area contributed by atoms with E-state index in [1.807, 2.05) is 25.1 Å². The maximum Gasteiger partial charge on any atom is 0.481 e. The first-order valence-corrected chi connectivity index (χ1v) is 17.2. The standard InChI is InChI=1S/C23H31N5O13P2S.2H3N/c1-27(2)16-7-3-6-15-14(16)5-4-8-18(15)44(36,37)25-10-12-38-42(32,33)41-43(34,35)39-13-17-20(29)21(30)22(40-17)28-11-9-19(24)26-23(28)31;;/h3-9,11,17,20-22,25,29-30H,10,12-13H2,1-2H3,(H,32,33)(H,34,35)(H2,24,26,31);2*1H3/t17-,20-,21-,22-;;/m1../s1. The number of phosphoric ester groups is 2. The van der Waals surface area contributed by atoms with E-state index < -0.39 is 75.7 Å². The van der Waals surface area contributed by atoms with Crippen LogP contribution in [0, 0.1) is 0 Å². The molecule has 1 aromatic heterocycles. The number of nitrogens with zero attached hydrogens (tertiary/aromatic N) is 3. The molecule has 23 heteroatoms. The molecule has 2 heterocycles. The van der Waals surface area contributed by atoms with Crippen LogP contribution in [-0.4, -0.2) is 90.1 Å². The van der Waals surface area contributed by atoms with Crippen molar-refractivity contribution < 1.29 is 55.6 Å². The molecule has 6 atom stereocenters. The highest BCUT2D eigenvalue weighted by Crippen LogP contribution is 2.60. The molecule has 1 saturated heterocycles. The summed E-state index contributed by atoms with van der Waals surface area (Å²) in [6.07, 6.45) is -5.20. The Labute approximate surface area is 263 Å². The number of phosphoric acid groups is 2. The van der Waals surface area contributed by atoms with Gasteiger partial charge in [0.05, 0.1) is 18.1 Å². The molecule has 1 aliphatic heterocycles. The number of fused-ring (bicyclic) bond motifs is 1. The van der Waals surface area contributed by atoms with E-state index >= 15 is 0 Å². The van der Waals surface area contributed by atoms with Gasteiger partial charge in [0, 0.05) is 43.3 Å². The van der Waals surface area contributed by atoms with Gasteiger partial charge >= 0.3 is 21.3 Å². The molecule has 2 aromatic carbocycles. The molecule has 0 radical (unpaired) electrons. The number of aromatic nitrogens is 2. The summed E-state index contributed by atoms with van der Waals surface area (Å²) < 4.78 is 72.3. The Morgan fingerprint density at radius 1 is 1.02 bits per heavy atom. The number of hydrogen-bond donors (Lipinski definition) is 8. The topological polar surface area (TPSA) is 332 Å². The molecule has 4 rings (SSSR count). The summed E-state index contributed by atoms with van der Waals surface area (Å²) in [6.45, 7) is -2.19. The third-order valence-corrected chi connectivity index (χ3v) is 10.5. The number of nitrogen functional groups attached to an aromatic ring is 1. The number of rotatable bonds is 13. The number of benzene rings is 2. The number of aliphatic hydroxyl groups is 2. The molecule has 0 amide bonds. The molecule has 1 aliphatic rings. The summed E-state index contributed by atoms with van der Waals surface area (Å²) in [6, 6.07) is 11.1. The van der Waals surface area contributed by atoms with Crippen molar-refractivity contribution in [2.45, 2.75) is 29.4 Å². The van der Waals surface area contributed by atoms with Gasteiger partial charge < -0.3 is 47.7 Å². The third kappa shape index (κ3) is 9.15. The Kier molecular flexibility index (Phi) is 13.1. The fourth-order valence-corrected chi connectivity index (χ4v) is 7.68. The lowest BCUT2D eigenvalue weighted by Gasteiger charge is -2.19. The largest absolute Gasteiger partial charge is 0.481 e. The molecule has 3 aromatic rings. The van der Waals surface area contributed by atoms with E-state index in [9.17, 15) is 42.3 Å². The molecule has 46 heavy (non-hydrogen) atoms. The smallest absolute Gasteiger partial charge is 0.387 e. The minimum Gasteiger partial charge on any atom is -0.387 e. The lowest BCUT2D eigenvalue weighted by Crippen LogP contribution is -2.36. The van der Waals surface area contributed by atoms with E-state index in [4.69, 9.17) is 10.5 Å². The molecular weight excluding hydrogens is 676 g/mol. The average Bonchev–Trinajstić information content (AvgIpc) is 3.21. The van der Waals surface area contributed by atoms with Crippen LogP contribution in [0.15, 0.2) is 58.4 Å². The molecule has 0 spiro atoms. The average molecular weight is 714 g/mol. The Morgan fingerprint density at radius 2 is 1.65 bits per heavy atom. The highest BCUT2D eigenvalue weighted by Gasteiger charge is 2.46. The van der Waals surface area contributed by atoms with E-state index in [2.05, 4.69) is 23.1 Å². The van der Waals surface area contributed by atoms with E-state index in [-0.39, 0.29) is 23.0 Å². The molecule has 0 bridgehead atoms. The second-order valence-corrected chi connectivity index (χ2v) is 14.4. The molecular formula is C23H37N7O13P2S. The van der Waals surface area contributed by atoms with Crippen LogP contribution in [0.4, 0.5) is 11.5 Å². The van der Waals surface area contributed by atoms with Gasteiger partial charge in [-0.2, -0.15) is 9.29 Å². The molecule has 20 nitrogen and oxygen atoms in total. The zero-order valence-corrected chi connectivity index (χ0v) is 27.3. The van der Waals surface area contributed by atoms with Gasteiger partial charge in [0.25, 0.3) is 0 Å².